The molecular weight excluding hydrogens is 352 g/mol. The maximum atomic E-state index is 13.0. The molecule has 26 heavy (non-hydrogen) atoms. The quantitative estimate of drug-likeness (QED) is 0.829. The number of benzene rings is 1. The van der Waals surface area contributed by atoms with Gasteiger partial charge in [-0.25, -0.2) is 0 Å². The summed E-state index contributed by atoms with van der Waals surface area (Å²) in [6.07, 6.45) is 0.534. The molecule has 5 nitrogen and oxygen atoms in total. The second kappa shape index (κ2) is 7.64. The van der Waals surface area contributed by atoms with Crippen LogP contribution in [0.2, 0.25) is 5.02 Å². The Labute approximate surface area is 158 Å². The van der Waals surface area contributed by atoms with Gasteiger partial charge in [0.05, 0.1) is 13.2 Å². The highest BCUT2D eigenvalue weighted by atomic mass is 35.5. The van der Waals surface area contributed by atoms with Gasteiger partial charge in [0.2, 0.25) is 0 Å². The number of carbonyl (C=O) groups is 1. The Balaban J connectivity index is 1.86. The second-order valence-electron chi connectivity index (χ2n) is 6.57. The number of pyridine rings is 1. The van der Waals surface area contributed by atoms with E-state index in [-0.39, 0.29) is 23.1 Å². The molecule has 1 aliphatic heterocycles. The third kappa shape index (κ3) is 3.55. The first-order valence-corrected chi connectivity index (χ1v) is 9.16. The Bertz CT molecular complexity index is 874. The van der Waals surface area contributed by atoms with Crippen LogP contribution < -0.4 is 5.56 Å². The van der Waals surface area contributed by atoms with Crippen LogP contribution in [0.5, 0.6) is 0 Å². The summed E-state index contributed by atoms with van der Waals surface area (Å²) < 4.78 is 7.40. The maximum Gasteiger partial charge on any atom is 0.263 e. The summed E-state index contributed by atoms with van der Waals surface area (Å²) in [6.45, 7) is 5.26. The normalized spacial score (nSPS) is 17.4. The zero-order valence-corrected chi connectivity index (χ0v) is 16.0. The zero-order chi connectivity index (χ0) is 18.8. The molecule has 1 aromatic heterocycles. The average molecular weight is 375 g/mol. The summed E-state index contributed by atoms with van der Waals surface area (Å²) >= 11 is 5.94. The van der Waals surface area contributed by atoms with Gasteiger partial charge in [-0.15, -0.1) is 0 Å². The number of nitrogens with zero attached hydrogens (tertiary/aromatic N) is 2. The molecule has 0 N–H and O–H groups in total. The number of halogens is 1. The number of morpholine rings is 1. The van der Waals surface area contributed by atoms with E-state index in [1.807, 2.05) is 38.1 Å². The molecule has 0 unspecified atom stereocenters. The third-order valence-corrected chi connectivity index (χ3v) is 5.17. The third-order valence-electron chi connectivity index (χ3n) is 4.92. The standard InChI is InChI=1S/C20H23ClN2O3/c1-4-17-13(2)11-16(19(24)22(17)3)20(25)23-9-10-26-18(12-23)14-5-7-15(21)8-6-14/h5-8,11,18H,4,9-10,12H2,1-3H3/t18-/m0/s1. The molecule has 6 heteroatoms. The van der Waals surface area contributed by atoms with E-state index < -0.39 is 0 Å². The van der Waals surface area contributed by atoms with Gasteiger partial charge in [0.15, 0.2) is 0 Å². The van der Waals surface area contributed by atoms with E-state index in [0.29, 0.717) is 24.7 Å². The molecule has 2 heterocycles. The highest BCUT2D eigenvalue weighted by molar-refractivity contribution is 6.30. The van der Waals surface area contributed by atoms with Gasteiger partial charge in [-0.3, -0.25) is 9.59 Å². The van der Waals surface area contributed by atoms with E-state index in [0.717, 1.165) is 23.2 Å². The van der Waals surface area contributed by atoms with Crippen LogP contribution >= 0.6 is 11.6 Å². The van der Waals surface area contributed by atoms with Crippen LogP contribution in [0, 0.1) is 6.92 Å². The van der Waals surface area contributed by atoms with E-state index in [2.05, 4.69) is 0 Å². The van der Waals surface area contributed by atoms with Crippen LogP contribution in [0.1, 0.15) is 40.2 Å². The first-order chi connectivity index (χ1) is 12.4. The number of amides is 1. The minimum Gasteiger partial charge on any atom is -0.370 e. The summed E-state index contributed by atoms with van der Waals surface area (Å²) in [4.78, 5) is 27.3. The van der Waals surface area contributed by atoms with E-state index >= 15 is 0 Å². The lowest BCUT2D eigenvalue weighted by Crippen LogP contribution is -2.44. The minimum atomic E-state index is -0.244. The lowest BCUT2D eigenvalue weighted by molar-refractivity contribution is -0.0229. The smallest absolute Gasteiger partial charge is 0.263 e. The summed E-state index contributed by atoms with van der Waals surface area (Å²) in [5.41, 5.74) is 2.86. The number of ether oxygens (including phenoxy) is 1. The summed E-state index contributed by atoms with van der Waals surface area (Å²) in [6, 6.07) is 9.14. The molecule has 0 saturated carbocycles. The molecule has 1 saturated heterocycles. The van der Waals surface area contributed by atoms with Crippen molar-refractivity contribution in [3.63, 3.8) is 0 Å². The fraction of sp³-hybridized carbons (Fsp3) is 0.400. The number of hydrogen-bond acceptors (Lipinski definition) is 3. The summed E-state index contributed by atoms with van der Waals surface area (Å²) in [7, 11) is 1.72. The summed E-state index contributed by atoms with van der Waals surface area (Å²) in [5, 5.41) is 0.660. The largest absolute Gasteiger partial charge is 0.370 e. The SMILES string of the molecule is CCc1c(C)cc(C(=O)N2CCO[C@H](c3ccc(Cl)cc3)C2)c(=O)n1C. The van der Waals surface area contributed by atoms with Crippen molar-refractivity contribution in [2.75, 3.05) is 19.7 Å². The molecule has 2 aromatic rings. The molecule has 138 valence electrons. The Hall–Kier alpha value is -2.11. The number of aryl methyl sites for hydroxylation is 1. The predicted octanol–water partition coefficient (Wildman–Crippen LogP) is 3.12. The Morgan fingerprint density at radius 3 is 2.65 bits per heavy atom. The molecule has 0 spiro atoms. The van der Waals surface area contributed by atoms with Crippen molar-refractivity contribution in [3.05, 3.63) is 68.1 Å². The molecule has 1 amide bonds. The van der Waals surface area contributed by atoms with Gasteiger partial charge in [0, 0.05) is 24.3 Å². The fourth-order valence-corrected chi connectivity index (χ4v) is 3.61. The first-order valence-electron chi connectivity index (χ1n) is 8.78. The van der Waals surface area contributed by atoms with E-state index in [1.165, 1.54) is 0 Å². The predicted molar refractivity (Wildman–Crippen MR) is 102 cm³/mol. The summed E-state index contributed by atoms with van der Waals surface area (Å²) in [5.74, 6) is -0.237. The van der Waals surface area contributed by atoms with Gasteiger partial charge in [-0.05, 0) is 42.7 Å². The van der Waals surface area contributed by atoms with Crippen molar-refractivity contribution in [2.45, 2.75) is 26.4 Å². The van der Waals surface area contributed by atoms with Crippen LogP contribution in [0.15, 0.2) is 35.1 Å². The number of rotatable bonds is 3. The van der Waals surface area contributed by atoms with Crippen molar-refractivity contribution in [1.29, 1.82) is 0 Å². The number of aromatic nitrogens is 1. The minimum absolute atomic E-state index is 0.218. The molecule has 1 aliphatic rings. The van der Waals surface area contributed by atoms with E-state index in [4.69, 9.17) is 16.3 Å². The van der Waals surface area contributed by atoms with E-state index in [1.54, 1.807) is 22.6 Å². The molecule has 1 aromatic carbocycles. The van der Waals surface area contributed by atoms with Gasteiger partial charge < -0.3 is 14.2 Å². The molecule has 1 atom stereocenters. The lowest BCUT2D eigenvalue weighted by Gasteiger charge is -2.33. The van der Waals surface area contributed by atoms with Crippen molar-refractivity contribution in [2.24, 2.45) is 7.05 Å². The Morgan fingerprint density at radius 2 is 2.00 bits per heavy atom. The Morgan fingerprint density at radius 1 is 1.31 bits per heavy atom. The molecule has 0 bridgehead atoms. The van der Waals surface area contributed by atoms with Crippen LogP contribution in [0.3, 0.4) is 0 Å². The van der Waals surface area contributed by atoms with Gasteiger partial charge in [0.25, 0.3) is 11.5 Å². The van der Waals surface area contributed by atoms with Crippen molar-refractivity contribution >= 4 is 17.5 Å². The number of hydrogen-bond donors (Lipinski definition) is 0. The van der Waals surface area contributed by atoms with Gasteiger partial charge in [-0.2, -0.15) is 0 Å². The molecule has 3 rings (SSSR count). The zero-order valence-electron chi connectivity index (χ0n) is 15.3. The van der Waals surface area contributed by atoms with Crippen molar-refractivity contribution in [3.8, 4) is 0 Å². The highest BCUT2D eigenvalue weighted by Crippen LogP contribution is 2.24. The van der Waals surface area contributed by atoms with Crippen LogP contribution in [0.4, 0.5) is 0 Å². The van der Waals surface area contributed by atoms with Gasteiger partial charge >= 0.3 is 0 Å². The molecule has 0 radical (unpaired) electrons. The molecular formula is C20H23ClN2O3. The van der Waals surface area contributed by atoms with Crippen LogP contribution in [-0.2, 0) is 18.2 Å². The van der Waals surface area contributed by atoms with Crippen molar-refractivity contribution in [1.82, 2.24) is 9.47 Å². The monoisotopic (exact) mass is 374 g/mol. The first kappa shape index (κ1) is 18.7. The highest BCUT2D eigenvalue weighted by Gasteiger charge is 2.28. The van der Waals surface area contributed by atoms with Gasteiger partial charge in [-0.1, -0.05) is 30.7 Å². The van der Waals surface area contributed by atoms with Crippen LogP contribution in [-0.4, -0.2) is 35.1 Å². The van der Waals surface area contributed by atoms with E-state index in [9.17, 15) is 9.59 Å². The fourth-order valence-electron chi connectivity index (χ4n) is 3.48. The lowest BCUT2D eigenvalue weighted by atomic mass is 10.1. The second-order valence-corrected chi connectivity index (χ2v) is 7.00. The maximum absolute atomic E-state index is 13.0. The van der Waals surface area contributed by atoms with Gasteiger partial charge in [0.1, 0.15) is 11.7 Å². The van der Waals surface area contributed by atoms with Crippen LogP contribution in [0.25, 0.3) is 0 Å². The molecule has 1 fully saturated rings. The van der Waals surface area contributed by atoms with Crippen molar-refractivity contribution < 1.29 is 9.53 Å². The molecule has 0 aliphatic carbocycles. The topological polar surface area (TPSA) is 51.5 Å². The number of carbonyl (C=O) groups excluding carboxylic acids is 1. The Kier molecular flexibility index (Phi) is 5.49. The average Bonchev–Trinajstić information content (AvgIpc) is 2.65.